The third kappa shape index (κ3) is 4.67. The molecule has 0 aliphatic carbocycles. The van der Waals surface area contributed by atoms with Crippen molar-refractivity contribution in [2.75, 3.05) is 5.32 Å². The summed E-state index contributed by atoms with van der Waals surface area (Å²) in [7, 11) is 0. The molecule has 3 aromatic rings. The van der Waals surface area contributed by atoms with Crippen LogP contribution < -0.4 is 5.32 Å². The van der Waals surface area contributed by atoms with E-state index in [4.69, 9.17) is 16.6 Å². The van der Waals surface area contributed by atoms with Gasteiger partial charge in [0.15, 0.2) is 5.11 Å². The molecule has 0 radical (unpaired) electrons. The van der Waals surface area contributed by atoms with E-state index >= 15 is 0 Å². The van der Waals surface area contributed by atoms with E-state index in [1.165, 1.54) is 11.1 Å². The lowest BCUT2D eigenvalue weighted by Gasteiger charge is -2.25. The molecule has 0 atom stereocenters. The maximum atomic E-state index is 5.66. The molecule has 0 unspecified atom stereocenters. The minimum absolute atomic E-state index is 0.603. The molecule has 0 spiro atoms. The van der Waals surface area contributed by atoms with Gasteiger partial charge < -0.3 is 14.6 Å². The largest absolute Gasteiger partial charge is 0.467 e. The van der Waals surface area contributed by atoms with Crippen LogP contribution in [0.25, 0.3) is 0 Å². The highest BCUT2D eigenvalue weighted by Gasteiger charge is 2.13. The highest BCUT2D eigenvalue weighted by Crippen LogP contribution is 2.17. The molecular weight excluding hydrogens is 330 g/mol. The molecule has 25 heavy (non-hydrogen) atoms. The lowest BCUT2D eigenvalue weighted by Crippen LogP contribution is -2.33. The van der Waals surface area contributed by atoms with E-state index in [1.54, 1.807) is 18.7 Å². The molecule has 0 fully saturated rings. The third-order valence-electron chi connectivity index (χ3n) is 4.09. The van der Waals surface area contributed by atoms with E-state index in [0.29, 0.717) is 18.2 Å². The second-order valence-corrected chi connectivity index (χ2v) is 6.41. The fourth-order valence-corrected chi connectivity index (χ4v) is 2.77. The van der Waals surface area contributed by atoms with Gasteiger partial charge in [0.05, 0.1) is 12.8 Å². The highest BCUT2D eigenvalue weighted by atomic mass is 32.1. The Morgan fingerprint density at radius 1 is 1.08 bits per heavy atom. The molecule has 3 rings (SSSR count). The van der Waals surface area contributed by atoms with E-state index in [0.717, 1.165) is 17.0 Å². The SMILES string of the molecule is Cc1ccc(NC(=S)N(Cc2ccncc2)Cc2ccco2)cc1C. The second-order valence-electron chi connectivity index (χ2n) is 6.02. The van der Waals surface area contributed by atoms with Gasteiger partial charge in [-0.3, -0.25) is 4.98 Å². The number of pyridine rings is 1. The molecule has 1 N–H and O–H groups in total. The predicted molar refractivity (Wildman–Crippen MR) is 104 cm³/mol. The van der Waals surface area contributed by atoms with Gasteiger partial charge in [0.25, 0.3) is 0 Å². The molecule has 2 heterocycles. The number of anilines is 1. The topological polar surface area (TPSA) is 41.3 Å². The van der Waals surface area contributed by atoms with Crippen LogP contribution in [0.1, 0.15) is 22.5 Å². The number of benzene rings is 1. The van der Waals surface area contributed by atoms with Crippen molar-refractivity contribution >= 4 is 23.0 Å². The van der Waals surface area contributed by atoms with Crippen molar-refractivity contribution in [3.05, 3.63) is 83.6 Å². The number of nitrogens with one attached hydrogen (secondary N) is 1. The normalized spacial score (nSPS) is 10.5. The van der Waals surface area contributed by atoms with Crippen LogP contribution in [-0.4, -0.2) is 15.0 Å². The van der Waals surface area contributed by atoms with Crippen LogP contribution in [0, 0.1) is 13.8 Å². The summed E-state index contributed by atoms with van der Waals surface area (Å²) in [5.74, 6) is 0.873. The molecule has 128 valence electrons. The summed E-state index contributed by atoms with van der Waals surface area (Å²) in [5.41, 5.74) is 4.64. The smallest absolute Gasteiger partial charge is 0.174 e. The molecule has 0 bridgehead atoms. The number of rotatable bonds is 5. The Bertz CT molecular complexity index is 831. The molecule has 0 aliphatic heterocycles. The monoisotopic (exact) mass is 351 g/mol. The Labute approximate surface area is 153 Å². The molecule has 5 heteroatoms. The van der Waals surface area contributed by atoms with Crippen molar-refractivity contribution in [3.63, 3.8) is 0 Å². The molecule has 4 nitrogen and oxygen atoms in total. The maximum absolute atomic E-state index is 5.66. The molecule has 0 amide bonds. The quantitative estimate of drug-likeness (QED) is 0.675. The fraction of sp³-hybridized carbons (Fsp3) is 0.200. The summed E-state index contributed by atoms with van der Waals surface area (Å²) < 4.78 is 5.50. The van der Waals surface area contributed by atoms with Gasteiger partial charge in [-0.15, -0.1) is 0 Å². The van der Waals surface area contributed by atoms with Gasteiger partial charge in [-0.1, -0.05) is 6.07 Å². The van der Waals surface area contributed by atoms with Crippen LogP contribution >= 0.6 is 12.2 Å². The summed E-state index contributed by atoms with van der Waals surface area (Å²) in [4.78, 5) is 6.16. The first-order valence-corrected chi connectivity index (χ1v) is 8.57. The first-order chi connectivity index (χ1) is 12.1. The van der Waals surface area contributed by atoms with Crippen LogP contribution in [0.2, 0.25) is 0 Å². The van der Waals surface area contributed by atoms with Crippen LogP contribution in [0.3, 0.4) is 0 Å². The minimum Gasteiger partial charge on any atom is -0.467 e. The minimum atomic E-state index is 0.603. The molecule has 0 saturated heterocycles. The van der Waals surface area contributed by atoms with Crippen LogP contribution in [-0.2, 0) is 13.1 Å². The first-order valence-electron chi connectivity index (χ1n) is 8.16. The Morgan fingerprint density at radius 2 is 1.88 bits per heavy atom. The summed E-state index contributed by atoms with van der Waals surface area (Å²) >= 11 is 5.66. The zero-order valence-corrected chi connectivity index (χ0v) is 15.2. The van der Waals surface area contributed by atoms with Crippen LogP contribution in [0.15, 0.2) is 65.5 Å². The van der Waals surface area contributed by atoms with Gasteiger partial charge in [0.1, 0.15) is 5.76 Å². The van der Waals surface area contributed by atoms with Gasteiger partial charge in [-0.05, 0) is 79.2 Å². The third-order valence-corrected chi connectivity index (χ3v) is 4.46. The predicted octanol–water partition coefficient (Wildman–Crippen LogP) is 4.69. The Hall–Kier alpha value is -2.66. The van der Waals surface area contributed by atoms with Gasteiger partial charge in [0.2, 0.25) is 0 Å². The first kappa shape index (κ1) is 17.2. The zero-order valence-electron chi connectivity index (χ0n) is 14.4. The van der Waals surface area contributed by atoms with Crippen molar-refractivity contribution in [3.8, 4) is 0 Å². The number of furan rings is 1. The molecule has 2 aromatic heterocycles. The van der Waals surface area contributed by atoms with Crippen molar-refractivity contribution in [2.24, 2.45) is 0 Å². The maximum Gasteiger partial charge on any atom is 0.174 e. The van der Waals surface area contributed by atoms with Crippen molar-refractivity contribution in [2.45, 2.75) is 26.9 Å². The lowest BCUT2D eigenvalue weighted by molar-refractivity contribution is 0.360. The van der Waals surface area contributed by atoms with Crippen molar-refractivity contribution < 1.29 is 4.42 Å². The highest BCUT2D eigenvalue weighted by molar-refractivity contribution is 7.80. The summed E-state index contributed by atoms with van der Waals surface area (Å²) in [6.07, 6.45) is 5.26. The number of hydrogen-bond acceptors (Lipinski definition) is 3. The average molecular weight is 351 g/mol. The van der Waals surface area contributed by atoms with E-state index in [2.05, 4.69) is 41.2 Å². The number of aromatic nitrogens is 1. The van der Waals surface area contributed by atoms with Gasteiger partial charge in [-0.2, -0.15) is 0 Å². The molecule has 1 aromatic carbocycles. The standard InChI is InChI=1S/C20H21N3OS/c1-15-5-6-18(12-16(15)2)22-20(25)23(14-19-4-3-11-24-19)13-17-7-9-21-10-8-17/h3-12H,13-14H2,1-2H3,(H,22,25). The Kier molecular flexibility index (Phi) is 5.46. The number of hydrogen-bond donors (Lipinski definition) is 1. The lowest BCUT2D eigenvalue weighted by atomic mass is 10.1. The second kappa shape index (κ2) is 7.94. The number of nitrogens with zero attached hydrogens (tertiary/aromatic N) is 2. The molecule has 0 aliphatic rings. The van der Waals surface area contributed by atoms with Crippen LogP contribution in [0.5, 0.6) is 0 Å². The Morgan fingerprint density at radius 3 is 2.56 bits per heavy atom. The van der Waals surface area contributed by atoms with Crippen LogP contribution in [0.4, 0.5) is 5.69 Å². The average Bonchev–Trinajstić information content (AvgIpc) is 3.12. The van der Waals surface area contributed by atoms with Crippen molar-refractivity contribution in [1.29, 1.82) is 0 Å². The summed E-state index contributed by atoms with van der Waals surface area (Å²) in [6.45, 7) is 5.48. The van der Waals surface area contributed by atoms with Gasteiger partial charge in [-0.25, -0.2) is 0 Å². The van der Waals surface area contributed by atoms with Crippen molar-refractivity contribution in [1.82, 2.24) is 9.88 Å². The fourth-order valence-electron chi connectivity index (χ4n) is 2.52. The zero-order chi connectivity index (χ0) is 17.6. The molecular formula is C20H21N3OS. The molecule has 0 saturated carbocycles. The number of thiocarbonyl (C=S) groups is 1. The van der Waals surface area contributed by atoms with E-state index in [1.807, 2.05) is 30.3 Å². The van der Waals surface area contributed by atoms with Gasteiger partial charge >= 0.3 is 0 Å². The number of aryl methyl sites for hydroxylation is 2. The van der Waals surface area contributed by atoms with E-state index in [-0.39, 0.29) is 0 Å². The summed E-state index contributed by atoms with van der Waals surface area (Å²) in [5, 5.41) is 4.01. The Balaban J connectivity index is 1.77. The van der Waals surface area contributed by atoms with E-state index < -0.39 is 0 Å². The van der Waals surface area contributed by atoms with Gasteiger partial charge in [0, 0.05) is 24.6 Å². The van der Waals surface area contributed by atoms with E-state index in [9.17, 15) is 0 Å². The summed E-state index contributed by atoms with van der Waals surface area (Å²) in [6, 6.07) is 14.1.